The van der Waals surface area contributed by atoms with E-state index in [1.165, 1.54) is 0 Å². The Balaban J connectivity index is 0.000000745. The van der Waals surface area contributed by atoms with Gasteiger partial charge in [-0.2, -0.15) is 13.2 Å². The van der Waals surface area contributed by atoms with E-state index in [1.807, 2.05) is 39.8 Å². The Bertz CT molecular complexity index is 601. The van der Waals surface area contributed by atoms with E-state index in [1.54, 1.807) is 16.7 Å². The van der Waals surface area contributed by atoms with E-state index in [9.17, 15) is 13.2 Å². The zero-order chi connectivity index (χ0) is 16.9. The molecule has 0 aliphatic heterocycles. The Morgan fingerprint density at radius 2 is 1.77 bits per heavy atom. The van der Waals surface area contributed by atoms with Crippen molar-refractivity contribution in [3.8, 4) is 11.4 Å². The standard InChI is InChI=1S/C14H15F3N2.C2H7N/c1-9(2)19-8-12(14(15,16)17)18-13(19)11-7-5-4-6-10(11)3;1-2-3/h4-9H,1-3H3;2-3H2,1H3. The molecule has 2 N–H and O–H groups in total. The largest absolute Gasteiger partial charge is 0.434 e. The molecule has 0 atom stereocenters. The lowest BCUT2D eigenvalue weighted by molar-refractivity contribution is -0.140. The van der Waals surface area contributed by atoms with Crippen LogP contribution in [-0.2, 0) is 6.18 Å². The molecule has 0 spiro atoms. The van der Waals surface area contributed by atoms with Crippen molar-refractivity contribution in [2.24, 2.45) is 5.73 Å². The lowest BCUT2D eigenvalue weighted by Gasteiger charge is -2.12. The maximum atomic E-state index is 12.8. The summed E-state index contributed by atoms with van der Waals surface area (Å²) < 4.78 is 39.9. The van der Waals surface area contributed by atoms with Gasteiger partial charge in [-0.25, -0.2) is 4.98 Å². The zero-order valence-corrected chi connectivity index (χ0v) is 13.3. The monoisotopic (exact) mass is 313 g/mol. The van der Waals surface area contributed by atoms with Crippen LogP contribution in [0.15, 0.2) is 30.5 Å². The summed E-state index contributed by atoms with van der Waals surface area (Å²) in [6.07, 6.45) is -3.34. The Kier molecular flexibility index (Phi) is 6.17. The summed E-state index contributed by atoms with van der Waals surface area (Å²) in [4.78, 5) is 3.77. The molecule has 0 saturated carbocycles. The third-order valence-electron chi connectivity index (χ3n) is 2.97. The molecule has 0 radical (unpaired) electrons. The fourth-order valence-corrected chi connectivity index (χ4v) is 1.95. The first-order valence-corrected chi connectivity index (χ1v) is 7.14. The molecule has 0 amide bonds. The van der Waals surface area contributed by atoms with Gasteiger partial charge in [-0.3, -0.25) is 0 Å². The van der Waals surface area contributed by atoms with Crippen molar-refractivity contribution in [3.63, 3.8) is 0 Å². The number of hydrogen-bond donors (Lipinski definition) is 1. The molecule has 0 aliphatic carbocycles. The fourth-order valence-electron chi connectivity index (χ4n) is 1.95. The van der Waals surface area contributed by atoms with E-state index in [2.05, 4.69) is 4.98 Å². The highest BCUT2D eigenvalue weighted by Crippen LogP contribution is 2.33. The summed E-state index contributed by atoms with van der Waals surface area (Å²) in [6.45, 7) is 8.19. The van der Waals surface area contributed by atoms with Gasteiger partial charge in [0.1, 0.15) is 5.82 Å². The fraction of sp³-hybridized carbons (Fsp3) is 0.438. The number of halogens is 3. The maximum Gasteiger partial charge on any atom is 0.434 e. The van der Waals surface area contributed by atoms with Gasteiger partial charge in [-0.15, -0.1) is 0 Å². The zero-order valence-electron chi connectivity index (χ0n) is 13.3. The number of aryl methyl sites for hydroxylation is 1. The molecule has 0 saturated heterocycles. The molecule has 0 bridgehead atoms. The molecule has 0 unspecified atom stereocenters. The lowest BCUT2D eigenvalue weighted by atomic mass is 10.1. The number of benzene rings is 1. The van der Waals surface area contributed by atoms with Crippen LogP contribution in [0, 0.1) is 6.92 Å². The molecule has 2 rings (SSSR count). The van der Waals surface area contributed by atoms with E-state index < -0.39 is 11.9 Å². The van der Waals surface area contributed by atoms with Crippen molar-refractivity contribution in [1.29, 1.82) is 0 Å². The molecule has 6 heteroatoms. The Labute approximate surface area is 129 Å². The first kappa shape index (κ1) is 18.2. The van der Waals surface area contributed by atoms with Gasteiger partial charge < -0.3 is 10.3 Å². The van der Waals surface area contributed by atoms with Crippen LogP contribution >= 0.6 is 0 Å². The second-order valence-electron chi connectivity index (χ2n) is 5.17. The van der Waals surface area contributed by atoms with Crippen LogP contribution in [0.5, 0.6) is 0 Å². The number of hydrogen-bond acceptors (Lipinski definition) is 2. The van der Waals surface area contributed by atoms with Crippen LogP contribution in [0.4, 0.5) is 13.2 Å². The van der Waals surface area contributed by atoms with E-state index in [0.717, 1.165) is 23.9 Å². The van der Waals surface area contributed by atoms with Crippen LogP contribution in [0.1, 0.15) is 38.1 Å². The molecule has 0 aliphatic rings. The van der Waals surface area contributed by atoms with Gasteiger partial charge in [-0.05, 0) is 32.9 Å². The van der Waals surface area contributed by atoms with Gasteiger partial charge in [-0.1, -0.05) is 31.2 Å². The van der Waals surface area contributed by atoms with Gasteiger partial charge in [0.25, 0.3) is 0 Å². The highest BCUT2D eigenvalue weighted by Gasteiger charge is 2.35. The number of aromatic nitrogens is 2. The summed E-state index contributed by atoms with van der Waals surface area (Å²) >= 11 is 0. The summed E-state index contributed by atoms with van der Waals surface area (Å²) in [5.41, 5.74) is 5.63. The van der Waals surface area contributed by atoms with Crippen molar-refractivity contribution >= 4 is 0 Å². The first-order chi connectivity index (χ1) is 10.2. The summed E-state index contributed by atoms with van der Waals surface area (Å²) in [7, 11) is 0. The van der Waals surface area contributed by atoms with Crippen LogP contribution in [0.25, 0.3) is 11.4 Å². The predicted molar refractivity (Wildman–Crippen MR) is 82.5 cm³/mol. The summed E-state index contributed by atoms with van der Waals surface area (Å²) in [6, 6.07) is 7.22. The average Bonchev–Trinajstić information content (AvgIpc) is 2.85. The van der Waals surface area contributed by atoms with Gasteiger partial charge in [0.2, 0.25) is 0 Å². The average molecular weight is 313 g/mol. The van der Waals surface area contributed by atoms with Crippen molar-refractivity contribution in [3.05, 3.63) is 41.7 Å². The van der Waals surface area contributed by atoms with Crippen molar-refractivity contribution in [2.75, 3.05) is 6.54 Å². The molecular formula is C16H22F3N3. The molecule has 1 aromatic carbocycles. The van der Waals surface area contributed by atoms with Gasteiger partial charge >= 0.3 is 6.18 Å². The van der Waals surface area contributed by atoms with Crippen molar-refractivity contribution in [2.45, 2.75) is 39.9 Å². The molecule has 1 aromatic heterocycles. The minimum atomic E-state index is -4.42. The second kappa shape index (κ2) is 7.45. The summed E-state index contributed by atoms with van der Waals surface area (Å²) in [5, 5.41) is 0. The van der Waals surface area contributed by atoms with E-state index in [-0.39, 0.29) is 6.04 Å². The maximum absolute atomic E-state index is 12.8. The molecule has 122 valence electrons. The van der Waals surface area contributed by atoms with Crippen LogP contribution in [-0.4, -0.2) is 16.1 Å². The number of alkyl halides is 3. The molecule has 22 heavy (non-hydrogen) atoms. The lowest BCUT2D eigenvalue weighted by Crippen LogP contribution is -2.05. The van der Waals surface area contributed by atoms with E-state index in [0.29, 0.717) is 5.82 Å². The number of nitrogens with zero attached hydrogens (tertiary/aromatic N) is 2. The highest BCUT2D eigenvalue weighted by molar-refractivity contribution is 5.61. The third kappa shape index (κ3) is 4.34. The quantitative estimate of drug-likeness (QED) is 0.891. The van der Waals surface area contributed by atoms with Gasteiger partial charge in [0.15, 0.2) is 5.69 Å². The summed E-state index contributed by atoms with van der Waals surface area (Å²) in [5.74, 6) is 0.362. The Morgan fingerprint density at radius 1 is 1.23 bits per heavy atom. The Morgan fingerprint density at radius 3 is 2.23 bits per heavy atom. The second-order valence-corrected chi connectivity index (χ2v) is 5.17. The number of imidazole rings is 1. The number of rotatable bonds is 2. The third-order valence-corrected chi connectivity index (χ3v) is 2.97. The molecule has 0 fully saturated rings. The van der Waals surface area contributed by atoms with Crippen molar-refractivity contribution in [1.82, 2.24) is 9.55 Å². The normalized spacial score (nSPS) is 11.3. The smallest absolute Gasteiger partial charge is 0.331 e. The minimum absolute atomic E-state index is 0.0850. The van der Waals surface area contributed by atoms with Gasteiger partial charge in [0.05, 0.1) is 0 Å². The van der Waals surface area contributed by atoms with Crippen molar-refractivity contribution < 1.29 is 13.2 Å². The number of nitrogens with two attached hydrogens (primary N) is 1. The molecule has 2 aromatic rings. The predicted octanol–water partition coefficient (Wildman–Crippen LogP) is 4.42. The SMILES string of the molecule is CCN.Cc1ccccc1-c1nc(C(F)(F)F)cn1C(C)C. The van der Waals surface area contributed by atoms with E-state index in [4.69, 9.17) is 5.73 Å². The van der Waals surface area contributed by atoms with Crippen LogP contribution < -0.4 is 5.73 Å². The molecular weight excluding hydrogens is 291 g/mol. The van der Waals surface area contributed by atoms with Crippen LogP contribution in [0.3, 0.4) is 0 Å². The Hall–Kier alpha value is -1.82. The highest BCUT2D eigenvalue weighted by atomic mass is 19.4. The molecule has 1 heterocycles. The van der Waals surface area contributed by atoms with Gasteiger partial charge in [0, 0.05) is 17.8 Å². The first-order valence-electron chi connectivity index (χ1n) is 7.14. The van der Waals surface area contributed by atoms with E-state index >= 15 is 0 Å². The minimum Gasteiger partial charge on any atom is -0.331 e. The molecule has 3 nitrogen and oxygen atoms in total. The topological polar surface area (TPSA) is 43.8 Å². The van der Waals surface area contributed by atoms with Crippen LogP contribution in [0.2, 0.25) is 0 Å².